The first-order chi connectivity index (χ1) is 4.75. The minimum absolute atomic E-state index is 0.493. The van der Waals surface area contributed by atoms with Gasteiger partial charge < -0.3 is 4.74 Å². The molecule has 0 unspecified atom stereocenters. The standard InChI is InChI=1S/C4H3F2N3O/c1-10-4-2(5)3(6)7-9-8-4/h1H3. The van der Waals surface area contributed by atoms with E-state index in [-0.39, 0.29) is 0 Å². The van der Waals surface area contributed by atoms with E-state index in [1.807, 2.05) is 0 Å². The lowest BCUT2D eigenvalue weighted by atomic mass is 10.6. The number of hydrogen-bond donors (Lipinski definition) is 0. The van der Waals surface area contributed by atoms with Gasteiger partial charge >= 0.3 is 0 Å². The van der Waals surface area contributed by atoms with E-state index >= 15 is 0 Å². The zero-order valence-electron chi connectivity index (χ0n) is 5.01. The van der Waals surface area contributed by atoms with Gasteiger partial charge in [-0.3, -0.25) is 0 Å². The summed E-state index contributed by atoms with van der Waals surface area (Å²) in [5.74, 6) is -3.03. The van der Waals surface area contributed by atoms with Crippen molar-refractivity contribution in [2.75, 3.05) is 7.11 Å². The van der Waals surface area contributed by atoms with Crippen LogP contribution >= 0.6 is 0 Å². The normalized spacial score (nSPS) is 9.50. The molecule has 0 aromatic carbocycles. The number of hydrogen-bond acceptors (Lipinski definition) is 4. The number of nitrogens with zero attached hydrogens (tertiary/aromatic N) is 3. The van der Waals surface area contributed by atoms with Crippen LogP contribution in [-0.4, -0.2) is 22.5 Å². The number of rotatable bonds is 1. The summed E-state index contributed by atoms with van der Waals surface area (Å²) >= 11 is 0. The van der Waals surface area contributed by atoms with E-state index in [0.29, 0.717) is 0 Å². The molecule has 0 aliphatic heterocycles. The van der Waals surface area contributed by atoms with E-state index in [1.165, 1.54) is 0 Å². The summed E-state index contributed by atoms with van der Waals surface area (Å²) < 4.78 is 28.7. The molecule has 0 spiro atoms. The van der Waals surface area contributed by atoms with E-state index in [4.69, 9.17) is 0 Å². The molecule has 0 aliphatic carbocycles. The fourth-order valence-corrected chi connectivity index (χ4v) is 0.409. The van der Waals surface area contributed by atoms with E-state index in [2.05, 4.69) is 20.1 Å². The fraction of sp³-hybridized carbons (Fsp3) is 0.250. The van der Waals surface area contributed by atoms with Crippen LogP contribution in [0, 0.1) is 11.8 Å². The summed E-state index contributed by atoms with van der Waals surface area (Å²) in [5.41, 5.74) is 0. The van der Waals surface area contributed by atoms with Crippen molar-refractivity contribution in [3.63, 3.8) is 0 Å². The third-order valence-corrected chi connectivity index (χ3v) is 0.830. The summed E-state index contributed by atoms with van der Waals surface area (Å²) in [7, 11) is 1.16. The van der Waals surface area contributed by atoms with Crippen LogP contribution < -0.4 is 4.74 Å². The van der Waals surface area contributed by atoms with Crippen molar-refractivity contribution in [3.05, 3.63) is 11.8 Å². The number of ether oxygens (including phenoxy) is 1. The Hall–Kier alpha value is -1.33. The maximum Gasteiger partial charge on any atom is 0.276 e. The Kier molecular flexibility index (Phi) is 1.70. The van der Waals surface area contributed by atoms with E-state index in [1.54, 1.807) is 0 Å². The molecule has 1 aromatic heterocycles. The molecule has 54 valence electrons. The fourth-order valence-electron chi connectivity index (χ4n) is 0.409. The molecule has 6 heteroatoms. The molecule has 0 bridgehead atoms. The number of halogens is 2. The molecule has 0 N–H and O–H groups in total. The number of methoxy groups -OCH3 is 1. The van der Waals surface area contributed by atoms with Crippen LogP contribution in [0.15, 0.2) is 0 Å². The first-order valence-electron chi connectivity index (χ1n) is 2.34. The molecule has 0 atom stereocenters. The van der Waals surface area contributed by atoms with Crippen molar-refractivity contribution in [2.45, 2.75) is 0 Å². The minimum Gasteiger partial charge on any atom is -0.478 e. The van der Waals surface area contributed by atoms with Gasteiger partial charge in [0.05, 0.1) is 7.11 Å². The Bertz CT molecular complexity index is 242. The maximum absolute atomic E-state index is 12.3. The summed E-state index contributed by atoms with van der Waals surface area (Å²) in [6.07, 6.45) is 0. The van der Waals surface area contributed by atoms with E-state index in [9.17, 15) is 8.78 Å². The van der Waals surface area contributed by atoms with E-state index < -0.39 is 17.6 Å². The predicted octanol–water partition coefficient (Wildman–Crippen LogP) is 0.158. The van der Waals surface area contributed by atoms with Gasteiger partial charge in [-0.2, -0.15) is 8.78 Å². The van der Waals surface area contributed by atoms with Gasteiger partial charge in [0.1, 0.15) is 0 Å². The first-order valence-corrected chi connectivity index (χ1v) is 2.34. The first kappa shape index (κ1) is 6.79. The molecular formula is C4H3F2N3O. The second-order valence-corrected chi connectivity index (χ2v) is 1.40. The maximum atomic E-state index is 12.3. The Balaban J connectivity index is 3.14. The van der Waals surface area contributed by atoms with Crippen LogP contribution in [0.5, 0.6) is 5.88 Å². The molecule has 10 heavy (non-hydrogen) atoms. The summed E-state index contributed by atoms with van der Waals surface area (Å²) in [6, 6.07) is 0. The van der Waals surface area contributed by atoms with Crippen molar-refractivity contribution in [2.24, 2.45) is 0 Å². The quantitative estimate of drug-likeness (QED) is 0.567. The third-order valence-electron chi connectivity index (χ3n) is 0.830. The highest BCUT2D eigenvalue weighted by Gasteiger charge is 2.10. The Morgan fingerprint density at radius 3 is 2.50 bits per heavy atom. The topological polar surface area (TPSA) is 47.9 Å². The Morgan fingerprint density at radius 1 is 1.30 bits per heavy atom. The summed E-state index contributed by atoms with van der Waals surface area (Å²) in [4.78, 5) is 0. The second kappa shape index (κ2) is 2.51. The lowest BCUT2D eigenvalue weighted by Crippen LogP contribution is -2.00. The average Bonchev–Trinajstić information content (AvgIpc) is 1.95. The van der Waals surface area contributed by atoms with Gasteiger partial charge in [0, 0.05) is 0 Å². The molecule has 0 fully saturated rings. The van der Waals surface area contributed by atoms with Gasteiger partial charge in [0.2, 0.25) is 5.82 Å². The highest BCUT2D eigenvalue weighted by atomic mass is 19.2. The predicted molar refractivity (Wildman–Crippen MR) is 26.3 cm³/mol. The molecule has 0 saturated carbocycles. The van der Waals surface area contributed by atoms with Gasteiger partial charge in [-0.15, -0.1) is 0 Å². The molecule has 0 radical (unpaired) electrons. The zero-order valence-corrected chi connectivity index (χ0v) is 5.01. The van der Waals surface area contributed by atoms with Crippen molar-refractivity contribution in [3.8, 4) is 5.88 Å². The highest BCUT2D eigenvalue weighted by Crippen LogP contribution is 2.10. The van der Waals surface area contributed by atoms with Crippen LogP contribution in [-0.2, 0) is 0 Å². The Labute approximate surface area is 54.8 Å². The monoisotopic (exact) mass is 147 g/mol. The van der Waals surface area contributed by atoms with Gasteiger partial charge in [-0.05, 0) is 5.21 Å². The largest absolute Gasteiger partial charge is 0.478 e. The summed E-state index contributed by atoms with van der Waals surface area (Å²) in [5, 5.41) is 8.64. The smallest absolute Gasteiger partial charge is 0.276 e. The van der Waals surface area contributed by atoms with Crippen LogP contribution in [0.2, 0.25) is 0 Å². The van der Waals surface area contributed by atoms with Crippen LogP contribution in [0.25, 0.3) is 0 Å². The third kappa shape index (κ3) is 0.996. The second-order valence-electron chi connectivity index (χ2n) is 1.40. The highest BCUT2D eigenvalue weighted by molar-refractivity contribution is 5.07. The van der Waals surface area contributed by atoms with Crippen molar-refractivity contribution < 1.29 is 13.5 Å². The molecule has 1 heterocycles. The molecule has 1 aromatic rings. The molecule has 0 aliphatic rings. The molecule has 0 saturated heterocycles. The number of aromatic nitrogens is 3. The minimum atomic E-state index is -1.31. The molecule has 4 nitrogen and oxygen atoms in total. The van der Waals surface area contributed by atoms with Gasteiger partial charge in [-0.1, -0.05) is 10.2 Å². The average molecular weight is 147 g/mol. The molecule has 0 amide bonds. The zero-order chi connectivity index (χ0) is 7.56. The van der Waals surface area contributed by atoms with Crippen LogP contribution in [0.1, 0.15) is 0 Å². The van der Waals surface area contributed by atoms with Gasteiger partial charge in [0.15, 0.2) is 0 Å². The SMILES string of the molecule is COc1nnnc(F)c1F. The lowest BCUT2D eigenvalue weighted by Gasteiger charge is -1.95. The summed E-state index contributed by atoms with van der Waals surface area (Å²) in [6.45, 7) is 0. The van der Waals surface area contributed by atoms with Gasteiger partial charge in [-0.25, -0.2) is 0 Å². The van der Waals surface area contributed by atoms with Crippen LogP contribution in [0.3, 0.4) is 0 Å². The Morgan fingerprint density at radius 2 is 2.00 bits per heavy atom. The van der Waals surface area contributed by atoms with Crippen molar-refractivity contribution in [1.82, 2.24) is 15.4 Å². The van der Waals surface area contributed by atoms with Crippen molar-refractivity contribution in [1.29, 1.82) is 0 Å². The van der Waals surface area contributed by atoms with Gasteiger partial charge in [0.25, 0.3) is 11.8 Å². The molecular weight excluding hydrogens is 144 g/mol. The van der Waals surface area contributed by atoms with Crippen LogP contribution in [0.4, 0.5) is 8.78 Å². The van der Waals surface area contributed by atoms with Crippen molar-refractivity contribution >= 4 is 0 Å². The van der Waals surface area contributed by atoms with E-state index in [0.717, 1.165) is 7.11 Å². The molecule has 1 rings (SSSR count). The lowest BCUT2D eigenvalue weighted by molar-refractivity contribution is 0.333.